The summed E-state index contributed by atoms with van der Waals surface area (Å²) in [4.78, 5) is 89.5. The Labute approximate surface area is 453 Å². The number of nitrogens with one attached hydrogen (secondary N) is 1. The summed E-state index contributed by atoms with van der Waals surface area (Å²) in [5, 5.41) is 3.20. The molecule has 77 heavy (non-hydrogen) atoms. The van der Waals surface area contributed by atoms with Gasteiger partial charge in [0.15, 0.2) is 16.5 Å². The third-order valence-corrected chi connectivity index (χ3v) is 15.0. The van der Waals surface area contributed by atoms with Gasteiger partial charge in [-0.15, -0.1) is 0 Å². The largest absolute Gasteiger partial charge is 0.465 e. The molecule has 5 aromatic rings. The summed E-state index contributed by atoms with van der Waals surface area (Å²) in [5.41, 5.74) is 10.4. The number of nitrogen functional groups attached to an aromatic ring is 1. The molecule has 0 saturated heterocycles. The number of aromatic nitrogens is 2. The molecule has 0 radical (unpaired) electrons. The lowest BCUT2D eigenvalue weighted by molar-refractivity contribution is -0.147. The molecule has 3 heterocycles. The van der Waals surface area contributed by atoms with Crippen LogP contribution in [-0.2, 0) is 65.6 Å². The Morgan fingerprint density at radius 2 is 1.12 bits per heavy atom. The van der Waals surface area contributed by atoms with Crippen molar-refractivity contribution in [3.63, 3.8) is 0 Å². The van der Waals surface area contributed by atoms with Crippen molar-refractivity contribution < 1.29 is 43.0 Å². The Balaban J connectivity index is 0.000000186. The molecule has 4 aromatic carbocycles. The number of benzene rings is 4. The minimum atomic E-state index is -1.26. The highest BCUT2D eigenvalue weighted by Gasteiger charge is 2.54. The number of hydrogen-bond donors (Lipinski definition) is 2. The van der Waals surface area contributed by atoms with Gasteiger partial charge in [-0.25, -0.2) is 14.8 Å². The molecule has 2 aliphatic carbocycles. The number of anilines is 2. The number of Topliss-reactive ketones (excluding diaryl/α,β-unsaturated/α-hetero) is 1. The van der Waals surface area contributed by atoms with Crippen LogP contribution in [-0.4, -0.2) is 103 Å². The van der Waals surface area contributed by atoms with Crippen LogP contribution in [0.3, 0.4) is 0 Å². The van der Waals surface area contributed by atoms with E-state index in [1.807, 2.05) is 73.1 Å². The highest BCUT2D eigenvalue weighted by Crippen LogP contribution is 2.51. The molecule has 9 rings (SSSR count). The van der Waals surface area contributed by atoms with Crippen molar-refractivity contribution >= 4 is 87.1 Å². The van der Waals surface area contributed by atoms with Crippen LogP contribution in [0.25, 0.3) is 10.9 Å². The van der Waals surface area contributed by atoms with E-state index in [0.29, 0.717) is 62.1 Å². The maximum atomic E-state index is 13.5. The molecular weight excluding hydrogens is 1010 g/mol. The number of rotatable bonds is 13. The molecule has 3 N–H and O–H groups in total. The van der Waals surface area contributed by atoms with E-state index >= 15 is 0 Å². The predicted molar refractivity (Wildman–Crippen MR) is 304 cm³/mol. The molecule has 0 spiro atoms. The van der Waals surface area contributed by atoms with Crippen LogP contribution < -0.4 is 11.1 Å². The van der Waals surface area contributed by atoms with Crippen molar-refractivity contribution in [3.05, 3.63) is 130 Å². The molecule has 2 aliphatic heterocycles. The molecule has 0 bridgehead atoms. The van der Waals surface area contributed by atoms with Crippen LogP contribution in [0.2, 0.25) is 39.3 Å². The molecule has 3 amide bonds. The lowest BCUT2D eigenvalue weighted by Crippen LogP contribution is -2.34. The SMILES string of the molecule is CCOC(=O)C1(c2ccc(NC(=O)OC(C)(C)C)c(C(=O)C(=O)N3Cc4ccccc4C3)c2)CC1.CCOC(=O)C1(c2ccc3nc(N)nc(C(=O)N4Cc5ccccc5C4)c3c2)CC1.C[Si](C)(C)N=CC=N[Si](C)(C)C. The smallest absolute Gasteiger partial charge is 0.412 e. The van der Waals surface area contributed by atoms with E-state index < -0.39 is 50.7 Å². The van der Waals surface area contributed by atoms with Crippen molar-refractivity contribution in [2.75, 3.05) is 24.3 Å². The van der Waals surface area contributed by atoms with Gasteiger partial charge in [0.2, 0.25) is 5.95 Å². The van der Waals surface area contributed by atoms with Gasteiger partial charge in [0, 0.05) is 44.0 Å². The Bertz CT molecular complexity index is 3080. The summed E-state index contributed by atoms with van der Waals surface area (Å²) in [6, 6.07) is 25.9. The third kappa shape index (κ3) is 14.2. The lowest BCUT2D eigenvalue weighted by atomic mass is 9.92. The average Bonchev–Trinajstić information content (AvgIpc) is 4.34. The number of esters is 2. The van der Waals surface area contributed by atoms with Crippen molar-refractivity contribution in [1.82, 2.24) is 19.8 Å². The topological polar surface area (TPSA) is 225 Å². The van der Waals surface area contributed by atoms with Crippen LogP contribution in [0.1, 0.15) is 115 Å². The number of carbonyl (C=O) groups excluding carboxylic acids is 6. The zero-order chi connectivity index (χ0) is 56.1. The van der Waals surface area contributed by atoms with E-state index in [9.17, 15) is 28.8 Å². The number of carbonyl (C=O) groups is 6. The average molecular weight is 1080 g/mol. The highest BCUT2D eigenvalue weighted by atomic mass is 28.3. The fourth-order valence-electron chi connectivity index (χ4n) is 9.05. The van der Waals surface area contributed by atoms with Gasteiger partial charge >= 0.3 is 18.0 Å². The molecule has 0 atom stereocenters. The van der Waals surface area contributed by atoms with Crippen molar-refractivity contribution in [1.29, 1.82) is 0 Å². The van der Waals surface area contributed by atoms with E-state index in [1.54, 1.807) is 51.7 Å². The maximum absolute atomic E-state index is 13.5. The third-order valence-electron chi connectivity index (χ3n) is 13.2. The molecule has 19 heteroatoms. The highest BCUT2D eigenvalue weighted by molar-refractivity contribution is 6.77. The predicted octanol–water partition coefficient (Wildman–Crippen LogP) is 10.1. The van der Waals surface area contributed by atoms with Crippen LogP contribution >= 0.6 is 0 Å². The minimum Gasteiger partial charge on any atom is -0.465 e. The molecule has 0 unspecified atom stereocenters. The van der Waals surface area contributed by atoms with E-state index in [2.05, 4.69) is 63.9 Å². The summed E-state index contributed by atoms with van der Waals surface area (Å²) in [6.45, 7) is 24.3. The van der Waals surface area contributed by atoms with E-state index in [4.69, 9.17) is 19.9 Å². The first-order valence-corrected chi connectivity index (χ1v) is 33.1. The van der Waals surface area contributed by atoms with E-state index in [1.165, 1.54) is 17.0 Å². The quantitative estimate of drug-likeness (QED) is 0.0281. The first-order chi connectivity index (χ1) is 36.3. The van der Waals surface area contributed by atoms with Gasteiger partial charge in [0.05, 0.1) is 40.8 Å². The summed E-state index contributed by atoms with van der Waals surface area (Å²) in [7, 11) is -2.52. The summed E-state index contributed by atoms with van der Waals surface area (Å²) in [6.07, 6.45) is 5.64. The summed E-state index contributed by atoms with van der Waals surface area (Å²) < 4.78 is 24.8. The molecule has 2 saturated carbocycles. The molecular formula is C58H72N8O9Si2. The Morgan fingerprint density at radius 1 is 0.662 bits per heavy atom. The number of ether oxygens (including phenoxy) is 3. The van der Waals surface area contributed by atoms with Crippen LogP contribution in [0, 0.1) is 0 Å². The molecule has 1 aromatic heterocycles. The Kier molecular flexibility index (Phi) is 17.2. The van der Waals surface area contributed by atoms with Crippen LogP contribution in [0.4, 0.5) is 16.4 Å². The van der Waals surface area contributed by atoms with Gasteiger partial charge in [-0.2, -0.15) is 0 Å². The van der Waals surface area contributed by atoms with Crippen molar-refractivity contribution in [2.45, 2.75) is 142 Å². The number of ketones is 1. The lowest BCUT2D eigenvalue weighted by Gasteiger charge is -2.22. The fraction of sp³-hybridized carbons (Fsp3) is 0.414. The van der Waals surface area contributed by atoms with Gasteiger partial charge in [-0.05, 0) is 157 Å². The second-order valence-electron chi connectivity index (χ2n) is 22.7. The Morgan fingerprint density at radius 3 is 1.56 bits per heavy atom. The molecule has 2 fully saturated rings. The number of amides is 3. The van der Waals surface area contributed by atoms with Gasteiger partial charge < -0.3 is 39.1 Å². The zero-order valence-electron chi connectivity index (χ0n) is 46.2. The number of nitrogens with two attached hydrogens (primary N) is 1. The monoisotopic (exact) mass is 1080 g/mol. The minimum absolute atomic E-state index is 0.0184. The van der Waals surface area contributed by atoms with Gasteiger partial charge in [0.1, 0.15) is 11.3 Å². The zero-order valence-corrected chi connectivity index (χ0v) is 48.2. The van der Waals surface area contributed by atoms with E-state index in [0.717, 1.165) is 40.7 Å². The number of nitrogens with zero attached hydrogens (tertiary/aromatic N) is 6. The maximum Gasteiger partial charge on any atom is 0.412 e. The summed E-state index contributed by atoms with van der Waals surface area (Å²) in [5.74, 6) is -2.14. The number of fused-ring (bicyclic) bond motifs is 3. The number of hydrogen-bond acceptors (Lipinski definition) is 14. The molecule has 406 valence electrons. The Hall–Kier alpha value is -7.39. The second-order valence-corrected chi connectivity index (χ2v) is 31.9. The van der Waals surface area contributed by atoms with Crippen LogP contribution in [0.5, 0.6) is 0 Å². The van der Waals surface area contributed by atoms with Crippen molar-refractivity contribution in [2.24, 2.45) is 9.32 Å². The van der Waals surface area contributed by atoms with Crippen LogP contribution in [0.15, 0.2) is 94.2 Å². The molecule has 4 aliphatic rings. The molecule has 17 nitrogen and oxygen atoms in total. The first-order valence-electron chi connectivity index (χ1n) is 26.2. The van der Waals surface area contributed by atoms with Gasteiger partial charge in [0.25, 0.3) is 17.6 Å². The first kappa shape index (κ1) is 57.3. The van der Waals surface area contributed by atoms with E-state index in [-0.39, 0.29) is 47.3 Å². The normalized spacial score (nSPS) is 15.8. The van der Waals surface area contributed by atoms with Crippen molar-refractivity contribution in [3.8, 4) is 0 Å². The van der Waals surface area contributed by atoms with Gasteiger partial charge in [-0.3, -0.25) is 29.3 Å². The fourth-order valence-corrected chi connectivity index (χ4v) is 10.1. The second kappa shape index (κ2) is 23.1. The standard InChI is InChI=1S/C27H30N2O6.C23H22N4O3.C8H20N2Si2/c1-5-34-24(32)27(12-13-27)19-10-11-21(28-25(33)35-26(2,3)4)20(14-19)22(30)23(31)29-15-17-8-6-7-9-18(17)16-29;1-2-30-21(29)23(9-10-23)16-7-8-18-17(11-16)19(26-22(24)25-18)20(28)27-12-14-5-3-4-6-15(14)13-27;1-11(2,3)9-7-8-10-12(4,5)6/h6-11,14H,5,12-13,15-16H2,1-4H3,(H,28,33);3-8,11H,2,9-10,12-13H2,1H3,(H2,24,25,26);7-8H,1-6H3. The summed E-state index contributed by atoms with van der Waals surface area (Å²) >= 11 is 0. The van der Waals surface area contributed by atoms with Gasteiger partial charge in [-0.1, -0.05) is 60.7 Å².